The molecule has 0 aliphatic carbocycles. The van der Waals surface area contributed by atoms with Crippen molar-refractivity contribution in [3.63, 3.8) is 0 Å². The number of nitrogens with zero attached hydrogens (tertiary/aromatic N) is 7. The van der Waals surface area contributed by atoms with Gasteiger partial charge in [0.05, 0.1) is 54.8 Å². The lowest BCUT2D eigenvalue weighted by Crippen LogP contribution is -2.65. The number of rotatable bonds is 21. The van der Waals surface area contributed by atoms with Crippen molar-refractivity contribution in [1.29, 1.82) is 0 Å². The van der Waals surface area contributed by atoms with Crippen molar-refractivity contribution in [3.8, 4) is 22.9 Å². The number of hydrogen-bond acceptors (Lipinski definition) is 10. The van der Waals surface area contributed by atoms with Crippen molar-refractivity contribution in [2.45, 2.75) is 70.0 Å². The summed E-state index contributed by atoms with van der Waals surface area (Å²) in [6, 6.07) is 20.2. The van der Waals surface area contributed by atoms with E-state index in [0.29, 0.717) is 72.4 Å². The maximum absolute atomic E-state index is 14.7. The fourth-order valence-corrected chi connectivity index (χ4v) is 9.00. The molecule has 3 aromatic heterocycles. The highest BCUT2D eigenvalue weighted by Crippen LogP contribution is 2.34. The maximum Gasteiger partial charge on any atom is 0.304 e. The fourth-order valence-electron chi connectivity index (χ4n) is 8.71. The van der Waals surface area contributed by atoms with Gasteiger partial charge < -0.3 is 39.2 Å². The summed E-state index contributed by atoms with van der Waals surface area (Å²) in [5.41, 5.74) is 2.74. The van der Waals surface area contributed by atoms with E-state index in [1.165, 1.54) is 13.3 Å². The van der Waals surface area contributed by atoms with Gasteiger partial charge in [0.2, 0.25) is 29.6 Å². The lowest BCUT2D eigenvalue weighted by molar-refractivity contribution is -0.909. The largest absolute Gasteiger partial charge is 0.481 e. The first-order valence-corrected chi connectivity index (χ1v) is 23.3. The third kappa shape index (κ3) is 13.1. The Morgan fingerprint density at radius 3 is 2.41 bits per heavy atom. The van der Waals surface area contributed by atoms with Crippen LogP contribution in [0.1, 0.15) is 55.3 Å². The molecular formula is C50H61Cl2N8O8+. The fraction of sp³-hybridized carbons (Fsp3) is 0.420. The average molecular weight is 973 g/mol. The molecule has 18 heteroatoms. The van der Waals surface area contributed by atoms with Crippen LogP contribution < -0.4 is 14.8 Å². The van der Waals surface area contributed by atoms with E-state index in [0.717, 1.165) is 33.1 Å². The Balaban J connectivity index is 1.15. The van der Waals surface area contributed by atoms with Crippen LogP contribution in [0.25, 0.3) is 11.4 Å². The van der Waals surface area contributed by atoms with Crippen LogP contribution in [0.3, 0.4) is 0 Å². The number of piperidine rings is 1. The summed E-state index contributed by atoms with van der Waals surface area (Å²) in [7, 11) is 9.07. The molecule has 0 bridgehead atoms. The monoisotopic (exact) mass is 971 g/mol. The van der Waals surface area contributed by atoms with Gasteiger partial charge in [-0.3, -0.25) is 29.4 Å². The topological polar surface area (TPSA) is 184 Å². The van der Waals surface area contributed by atoms with E-state index in [1.807, 2.05) is 56.0 Å². The summed E-state index contributed by atoms with van der Waals surface area (Å²) >= 11 is 12.7. The molecule has 1 aliphatic rings. The van der Waals surface area contributed by atoms with Gasteiger partial charge in [-0.1, -0.05) is 48.3 Å². The number of carbonyl (C=O) groups is 4. The number of pyridine rings is 2. The SMILES string of the molecule is COC[C@H](NC(=O)[C@H](C)CCc1ccc(Cl)cc1Oc1ccc(-c2cnc(CN(C)C)n2C)nc1)C(=O)N(C)[C@@]1(Cc2ccc(Cl)cc2)CCCN(C(=O)[C@@H](CC(=O)O)Cc2cccc[n+]2O)C1. The van der Waals surface area contributed by atoms with Gasteiger partial charge in [-0.25, -0.2) is 4.98 Å². The second kappa shape index (κ2) is 23.3. The highest BCUT2D eigenvalue weighted by Gasteiger charge is 2.45. The summed E-state index contributed by atoms with van der Waals surface area (Å²) in [6.45, 7) is 2.82. The van der Waals surface area contributed by atoms with E-state index < -0.39 is 47.6 Å². The zero-order valence-corrected chi connectivity index (χ0v) is 40.9. The molecule has 1 saturated heterocycles. The standard InChI is InChI=1S/C50H60Cl2N8O8/c1-33(11-14-35-15-18-38(52)26-44(35)68-40-19-20-41(53-28-40)43-29-54-45(57(43)4)30-56(2)3)47(63)55-42(31-67-6)49(65)58(5)50(27-34-12-16-37(51)17-13-34)21-9-22-59(32-50)48(64)36(25-46(61)62)24-39-10-7-8-23-60(39)66/h7-8,10,12-13,15-20,23,26,28-29,33,36,42H,9,11,14,21-22,24-25,27,30-32H2,1-6H3,(H2-,55,61,62,63,66)/p+1/t33-,36-,42+,50-/m1/s1. The number of amides is 3. The number of likely N-dealkylation sites (tertiary alicyclic amines) is 1. The first kappa shape index (κ1) is 51.3. The van der Waals surface area contributed by atoms with Crippen LogP contribution in [0.4, 0.5) is 0 Å². The lowest BCUT2D eigenvalue weighted by Gasteiger charge is -2.49. The molecule has 4 atom stereocenters. The van der Waals surface area contributed by atoms with Crippen molar-refractivity contribution in [2.75, 3.05) is 47.9 Å². The van der Waals surface area contributed by atoms with Gasteiger partial charge >= 0.3 is 5.97 Å². The minimum Gasteiger partial charge on any atom is -0.481 e. The number of ether oxygens (including phenoxy) is 2. The average Bonchev–Trinajstić information content (AvgIpc) is 3.67. The van der Waals surface area contributed by atoms with Gasteiger partial charge in [-0.05, 0) is 99.8 Å². The highest BCUT2D eigenvalue weighted by molar-refractivity contribution is 6.31. The van der Waals surface area contributed by atoms with Crippen LogP contribution in [0.15, 0.2) is 91.4 Å². The quantitative estimate of drug-likeness (QED) is 0.0557. The Kier molecular flexibility index (Phi) is 17.6. The van der Waals surface area contributed by atoms with Crippen molar-refractivity contribution < 1.29 is 43.7 Å². The number of aromatic nitrogens is 4. The lowest BCUT2D eigenvalue weighted by atomic mass is 9.80. The first-order valence-electron chi connectivity index (χ1n) is 22.6. The Hall–Kier alpha value is -6.07. The van der Waals surface area contributed by atoms with Gasteiger partial charge in [0, 0.05) is 73.5 Å². The molecular weight excluding hydrogens is 912 g/mol. The Morgan fingerprint density at radius 1 is 0.985 bits per heavy atom. The van der Waals surface area contributed by atoms with Gasteiger partial charge in [0.1, 0.15) is 23.4 Å². The van der Waals surface area contributed by atoms with E-state index in [2.05, 4.69) is 20.2 Å². The van der Waals surface area contributed by atoms with Crippen LogP contribution in [0.5, 0.6) is 11.5 Å². The Labute approximate surface area is 407 Å². The van der Waals surface area contributed by atoms with Gasteiger partial charge in [-0.15, -0.1) is 0 Å². The summed E-state index contributed by atoms with van der Waals surface area (Å²) < 4.78 is 14.7. The van der Waals surface area contributed by atoms with Crippen LogP contribution in [-0.4, -0.2) is 123 Å². The van der Waals surface area contributed by atoms with Crippen molar-refractivity contribution in [2.24, 2.45) is 18.9 Å². The number of benzene rings is 2. The number of methoxy groups -OCH3 is 1. The van der Waals surface area contributed by atoms with Gasteiger partial charge in [0.25, 0.3) is 0 Å². The predicted octanol–water partition coefficient (Wildman–Crippen LogP) is 6.26. The van der Waals surface area contributed by atoms with E-state index in [4.69, 9.17) is 32.7 Å². The number of halogens is 2. The minimum absolute atomic E-state index is 0.0124. The summed E-state index contributed by atoms with van der Waals surface area (Å²) in [6.07, 6.45) is 6.64. The number of carbonyl (C=O) groups excluding carboxylic acids is 3. The second-order valence-electron chi connectivity index (χ2n) is 17.9. The van der Waals surface area contributed by atoms with Crippen LogP contribution in [0, 0.1) is 11.8 Å². The smallest absolute Gasteiger partial charge is 0.304 e. The van der Waals surface area contributed by atoms with Gasteiger partial charge in [-0.2, -0.15) is 0 Å². The molecule has 68 heavy (non-hydrogen) atoms. The van der Waals surface area contributed by atoms with Crippen LogP contribution in [0.2, 0.25) is 10.0 Å². The molecule has 5 aromatic rings. The number of imidazole rings is 1. The maximum atomic E-state index is 14.7. The molecule has 3 N–H and O–H groups in total. The molecule has 0 saturated carbocycles. The normalized spacial score (nSPS) is 16.2. The molecule has 0 spiro atoms. The van der Waals surface area contributed by atoms with E-state index in [1.54, 1.807) is 78.6 Å². The zero-order chi connectivity index (χ0) is 49.1. The molecule has 16 nitrogen and oxygen atoms in total. The molecule has 0 unspecified atom stereocenters. The van der Waals surface area contributed by atoms with Crippen molar-refractivity contribution in [1.82, 2.24) is 34.6 Å². The summed E-state index contributed by atoms with van der Waals surface area (Å²) in [5.74, 6) is -1.87. The number of hydrogen-bond donors (Lipinski definition) is 3. The third-order valence-corrected chi connectivity index (χ3v) is 13.0. The third-order valence-electron chi connectivity index (χ3n) is 12.5. The molecule has 6 rings (SSSR count). The molecule has 3 amide bonds. The molecule has 0 radical (unpaired) electrons. The molecule has 4 heterocycles. The first-order chi connectivity index (χ1) is 32.5. The van der Waals surface area contributed by atoms with Crippen molar-refractivity contribution >= 4 is 46.9 Å². The summed E-state index contributed by atoms with van der Waals surface area (Å²) in [5, 5.41) is 24.2. The Bertz CT molecular complexity index is 2540. The minimum atomic E-state index is -1.15. The summed E-state index contributed by atoms with van der Waals surface area (Å²) in [4.78, 5) is 69.5. The second-order valence-corrected chi connectivity index (χ2v) is 18.7. The number of likely N-dealkylation sites (N-methyl/N-ethyl adjacent to an activating group) is 1. The van der Waals surface area contributed by atoms with Crippen LogP contribution >= 0.6 is 23.2 Å². The molecule has 1 fully saturated rings. The number of carboxylic acids is 1. The zero-order valence-electron chi connectivity index (χ0n) is 39.4. The van der Waals surface area contributed by atoms with Gasteiger partial charge in [0.15, 0.2) is 0 Å². The Morgan fingerprint density at radius 2 is 1.74 bits per heavy atom. The molecule has 1 aliphatic heterocycles. The predicted molar refractivity (Wildman–Crippen MR) is 256 cm³/mol. The number of aryl methyl sites for hydroxylation is 1. The van der Waals surface area contributed by atoms with E-state index >= 15 is 0 Å². The highest BCUT2D eigenvalue weighted by atomic mass is 35.5. The van der Waals surface area contributed by atoms with E-state index in [-0.39, 0.29) is 25.5 Å². The molecule has 362 valence electrons. The van der Waals surface area contributed by atoms with E-state index in [9.17, 15) is 29.5 Å². The molecule has 2 aromatic carbocycles. The number of nitrogens with one attached hydrogen (secondary N) is 1. The van der Waals surface area contributed by atoms with Crippen LogP contribution in [-0.2, 0) is 56.8 Å². The number of aliphatic carboxylic acids is 1. The number of carboxylic acid groups (broad SMARTS) is 1. The van der Waals surface area contributed by atoms with Crippen molar-refractivity contribution in [3.05, 3.63) is 124 Å².